The molecule has 1 unspecified atom stereocenters. The molecular formula is C16H20N2O. The van der Waals surface area contributed by atoms with Crippen LogP contribution in [0, 0.1) is 5.92 Å². The summed E-state index contributed by atoms with van der Waals surface area (Å²) in [5.74, 6) is 0.883. The van der Waals surface area contributed by atoms with Gasteiger partial charge in [-0.15, -0.1) is 0 Å². The number of hydrogen-bond acceptors (Lipinski definition) is 1. The van der Waals surface area contributed by atoms with E-state index >= 15 is 0 Å². The van der Waals surface area contributed by atoms with Crippen molar-refractivity contribution in [1.29, 1.82) is 0 Å². The summed E-state index contributed by atoms with van der Waals surface area (Å²) < 4.78 is 2.15. The highest BCUT2D eigenvalue weighted by molar-refractivity contribution is 5.80. The summed E-state index contributed by atoms with van der Waals surface area (Å²) in [6, 6.07) is 10.7. The lowest BCUT2D eigenvalue weighted by molar-refractivity contribution is -0.122. The van der Waals surface area contributed by atoms with Gasteiger partial charge in [-0.2, -0.15) is 0 Å². The molecule has 0 spiro atoms. The Labute approximate surface area is 113 Å². The van der Waals surface area contributed by atoms with Gasteiger partial charge in [0.25, 0.3) is 0 Å². The molecule has 3 heteroatoms. The molecule has 1 heterocycles. The first kappa shape index (κ1) is 12.3. The predicted molar refractivity (Wildman–Crippen MR) is 76.9 cm³/mol. The number of carbonyl (C=O) groups is 1. The van der Waals surface area contributed by atoms with Gasteiger partial charge >= 0.3 is 0 Å². The molecular weight excluding hydrogens is 236 g/mol. The summed E-state index contributed by atoms with van der Waals surface area (Å²) in [6.07, 6.45) is 5.14. The number of carbonyl (C=O) groups excluding carboxylic acids is 1. The van der Waals surface area contributed by atoms with E-state index in [0.717, 1.165) is 12.5 Å². The summed E-state index contributed by atoms with van der Waals surface area (Å²) in [6.45, 7) is 2.86. The van der Waals surface area contributed by atoms with Crippen LogP contribution < -0.4 is 5.32 Å². The lowest BCUT2D eigenvalue weighted by Gasteiger charge is -2.13. The molecule has 100 valence electrons. The van der Waals surface area contributed by atoms with Crippen LogP contribution in [-0.4, -0.2) is 16.5 Å². The topological polar surface area (TPSA) is 34.0 Å². The zero-order valence-corrected chi connectivity index (χ0v) is 11.3. The van der Waals surface area contributed by atoms with Crippen LogP contribution in [0.5, 0.6) is 0 Å². The molecule has 1 aliphatic rings. The van der Waals surface area contributed by atoms with Gasteiger partial charge in [-0.1, -0.05) is 18.2 Å². The van der Waals surface area contributed by atoms with Crippen molar-refractivity contribution in [3.63, 3.8) is 0 Å². The van der Waals surface area contributed by atoms with Crippen LogP contribution in [0.15, 0.2) is 36.5 Å². The van der Waals surface area contributed by atoms with Crippen LogP contribution in [0.4, 0.5) is 0 Å². The van der Waals surface area contributed by atoms with Crippen molar-refractivity contribution in [2.24, 2.45) is 5.92 Å². The van der Waals surface area contributed by atoms with Crippen molar-refractivity contribution in [2.45, 2.75) is 38.8 Å². The molecule has 1 aromatic heterocycles. The molecule has 0 radical (unpaired) electrons. The summed E-state index contributed by atoms with van der Waals surface area (Å²) in [4.78, 5) is 11.9. The Hall–Kier alpha value is -1.77. The number of aromatic nitrogens is 1. The van der Waals surface area contributed by atoms with Crippen molar-refractivity contribution < 1.29 is 4.79 Å². The third-order valence-electron chi connectivity index (χ3n) is 3.98. The van der Waals surface area contributed by atoms with Crippen LogP contribution in [-0.2, 0) is 11.3 Å². The van der Waals surface area contributed by atoms with Crippen molar-refractivity contribution in [3.8, 4) is 0 Å². The third kappa shape index (κ3) is 2.80. The number of para-hydroxylation sites is 1. The second-order valence-corrected chi connectivity index (χ2v) is 5.51. The van der Waals surface area contributed by atoms with E-state index in [9.17, 15) is 4.79 Å². The maximum atomic E-state index is 11.9. The minimum Gasteiger partial charge on any atom is -0.353 e. The van der Waals surface area contributed by atoms with Gasteiger partial charge in [-0.05, 0) is 43.2 Å². The average Bonchev–Trinajstić information content (AvgIpc) is 3.18. The highest BCUT2D eigenvalue weighted by Gasteiger charge is 2.28. The van der Waals surface area contributed by atoms with Crippen LogP contribution >= 0.6 is 0 Å². The second-order valence-electron chi connectivity index (χ2n) is 5.51. The Kier molecular flexibility index (Phi) is 3.28. The maximum absolute atomic E-state index is 11.9. The fraction of sp³-hybridized carbons (Fsp3) is 0.438. The Morgan fingerprint density at radius 3 is 2.95 bits per heavy atom. The number of hydrogen-bond donors (Lipinski definition) is 1. The summed E-state index contributed by atoms with van der Waals surface area (Å²) in [5, 5.41) is 4.33. The molecule has 0 aliphatic heterocycles. The van der Waals surface area contributed by atoms with E-state index in [1.807, 2.05) is 12.1 Å². The van der Waals surface area contributed by atoms with E-state index in [4.69, 9.17) is 0 Å². The second kappa shape index (κ2) is 5.08. The lowest BCUT2D eigenvalue weighted by atomic mass is 10.2. The number of aryl methyl sites for hydroxylation is 1. The number of nitrogens with zero attached hydrogens (tertiary/aromatic N) is 1. The molecule has 0 bridgehead atoms. The van der Waals surface area contributed by atoms with E-state index in [1.165, 1.54) is 23.7 Å². The SMILES string of the molecule is CC(NC(=O)CCn1ccc2ccccc21)C1CC1. The Balaban J connectivity index is 1.58. The molecule has 19 heavy (non-hydrogen) atoms. The Morgan fingerprint density at radius 1 is 1.37 bits per heavy atom. The highest BCUT2D eigenvalue weighted by Crippen LogP contribution is 2.32. The van der Waals surface area contributed by atoms with Gasteiger partial charge < -0.3 is 9.88 Å². The molecule has 1 aliphatic carbocycles. The monoisotopic (exact) mass is 256 g/mol. The van der Waals surface area contributed by atoms with Crippen LogP contribution in [0.1, 0.15) is 26.2 Å². The molecule has 1 N–H and O–H groups in total. The summed E-state index contributed by atoms with van der Waals surface area (Å²) >= 11 is 0. The lowest BCUT2D eigenvalue weighted by Crippen LogP contribution is -2.34. The van der Waals surface area contributed by atoms with Gasteiger partial charge in [-0.3, -0.25) is 4.79 Å². The number of amides is 1. The zero-order valence-electron chi connectivity index (χ0n) is 11.3. The first-order chi connectivity index (χ1) is 9.24. The van der Waals surface area contributed by atoms with Crippen LogP contribution in [0.2, 0.25) is 0 Å². The van der Waals surface area contributed by atoms with Crippen molar-refractivity contribution in [1.82, 2.24) is 9.88 Å². The van der Waals surface area contributed by atoms with Crippen molar-refractivity contribution in [2.75, 3.05) is 0 Å². The number of benzene rings is 1. The molecule has 2 aromatic rings. The third-order valence-corrected chi connectivity index (χ3v) is 3.98. The minimum atomic E-state index is 0.164. The molecule has 1 fully saturated rings. The Bertz CT molecular complexity index is 583. The minimum absolute atomic E-state index is 0.164. The van der Waals surface area contributed by atoms with Crippen molar-refractivity contribution in [3.05, 3.63) is 36.5 Å². The fourth-order valence-corrected chi connectivity index (χ4v) is 2.60. The summed E-state index contributed by atoms with van der Waals surface area (Å²) in [5.41, 5.74) is 1.20. The molecule has 0 saturated heterocycles. The van der Waals surface area contributed by atoms with Gasteiger partial charge in [-0.25, -0.2) is 0 Å². The van der Waals surface area contributed by atoms with E-state index in [1.54, 1.807) is 0 Å². The molecule has 3 rings (SSSR count). The normalized spacial score (nSPS) is 16.5. The first-order valence-corrected chi connectivity index (χ1v) is 7.07. The first-order valence-electron chi connectivity index (χ1n) is 7.07. The predicted octanol–water partition coefficient (Wildman–Crippen LogP) is 2.95. The molecule has 1 saturated carbocycles. The van der Waals surface area contributed by atoms with Gasteiger partial charge in [0, 0.05) is 30.7 Å². The Morgan fingerprint density at radius 2 is 2.16 bits per heavy atom. The van der Waals surface area contributed by atoms with Gasteiger partial charge in [0.1, 0.15) is 0 Å². The fourth-order valence-electron chi connectivity index (χ4n) is 2.60. The average molecular weight is 256 g/mol. The van der Waals surface area contributed by atoms with E-state index in [2.05, 4.69) is 41.2 Å². The number of nitrogens with one attached hydrogen (secondary N) is 1. The number of fused-ring (bicyclic) bond motifs is 1. The van der Waals surface area contributed by atoms with Crippen LogP contribution in [0.25, 0.3) is 10.9 Å². The van der Waals surface area contributed by atoms with E-state index in [-0.39, 0.29) is 5.91 Å². The van der Waals surface area contributed by atoms with Gasteiger partial charge in [0.05, 0.1) is 0 Å². The van der Waals surface area contributed by atoms with E-state index in [0.29, 0.717) is 12.5 Å². The zero-order chi connectivity index (χ0) is 13.2. The number of rotatable bonds is 5. The standard InChI is InChI=1S/C16H20N2O/c1-12(13-6-7-13)17-16(19)9-11-18-10-8-14-4-2-3-5-15(14)18/h2-5,8,10,12-13H,6-7,9,11H2,1H3,(H,17,19). The van der Waals surface area contributed by atoms with Crippen LogP contribution in [0.3, 0.4) is 0 Å². The maximum Gasteiger partial charge on any atom is 0.222 e. The quantitative estimate of drug-likeness (QED) is 0.876. The van der Waals surface area contributed by atoms with Crippen molar-refractivity contribution >= 4 is 16.8 Å². The molecule has 1 atom stereocenters. The largest absolute Gasteiger partial charge is 0.353 e. The highest BCUT2D eigenvalue weighted by atomic mass is 16.1. The van der Waals surface area contributed by atoms with E-state index < -0.39 is 0 Å². The van der Waals surface area contributed by atoms with Gasteiger partial charge in [0.2, 0.25) is 5.91 Å². The molecule has 1 amide bonds. The summed E-state index contributed by atoms with van der Waals surface area (Å²) in [7, 11) is 0. The smallest absolute Gasteiger partial charge is 0.222 e. The van der Waals surface area contributed by atoms with Gasteiger partial charge in [0.15, 0.2) is 0 Å². The molecule has 1 aromatic carbocycles. The molecule has 3 nitrogen and oxygen atoms in total.